The number of ether oxygens (including phenoxy) is 1. The van der Waals surface area contributed by atoms with Gasteiger partial charge in [0.1, 0.15) is 11.9 Å². The predicted octanol–water partition coefficient (Wildman–Crippen LogP) is 4.24. The smallest absolute Gasteiger partial charge is 0.329 e. The zero-order valence-electron chi connectivity index (χ0n) is 18.4. The molecule has 3 rings (SSSR count). The normalized spacial score (nSPS) is 27.9. The standard InChI is InChI=1S/C24H34FNO4/c1-5-30-23(29)20-18(24(2,3)4)21(27)19(16-13-9-10-14-17(16)25)26(20)22(28)15-11-7-6-8-12-15/h9-10,13-15,18-21,27H,5-8,11-12H2,1-4H3/t18-,19-,20-,21-/m0/s1. The van der Waals surface area contributed by atoms with Crippen molar-refractivity contribution in [1.29, 1.82) is 0 Å². The first kappa shape index (κ1) is 22.7. The van der Waals surface area contributed by atoms with Crippen LogP contribution in [0.3, 0.4) is 0 Å². The topological polar surface area (TPSA) is 66.8 Å². The minimum absolute atomic E-state index is 0.174. The number of aliphatic hydroxyl groups is 1. The molecule has 0 unspecified atom stereocenters. The van der Waals surface area contributed by atoms with Gasteiger partial charge in [0, 0.05) is 17.4 Å². The van der Waals surface area contributed by atoms with E-state index < -0.39 is 41.3 Å². The fraction of sp³-hybridized carbons (Fsp3) is 0.667. The number of halogens is 1. The van der Waals surface area contributed by atoms with Crippen LogP contribution in [0.15, 0.2) is 24.3 Å². The lowest BCUT2D eigenvalue weighted by atomic mass is 9.73. The van der Waals surface area contributed by atoms with Gasteiger partial charge in [0.15, 0.2) is 0 Å². The van der Waals surface area contributed by atoms with E-state index in [-0.39, 0.29) is 24.0 Å². The van der Waals surface area contributed by atoms with Gasteiger partial charge in [-0.3, -0.25) is 4.79 Å². The van der Waals surface area contributed by atoms with Crippen LogP contribution in [0, 0.1) is 23.1 Å². The number of hydrogen-bond acceptors (Lipinski definition) is 4. The van der Waals surface area contributed by atoms with Crippen molar-refractivity contribution in [3.05, 3.63) is 35.6 Å². The van der Waals surface area contributed by atoms with Crippen LogP contribution >= 0.6 is 0 Å². The summed E-state index contributed by atoms with van der Waals surface area (Å²) in [5.74, 6) is -1.98. The molecule has 0 bridgehead atoms. The Balaban J connectivity index is 2.13. The van der Waals surface area contributed by atoms with Crippen molar-refractivity contribution < 1.29 is 23.8 Å². The maximum Gasteiger partial charge on any atom is 0.329 e. The van der Waals surface area contributed by atoms with Crippen LogP contribution in [0.5, 0.6) is 0 Å². The number of hydrogen-bond donors (Lipinski definition) is 1. The summed E-state index contributed by atoms with van der Waals surface area (Å²) < 4.78 is 20.2. The quantitative estimate of drug-likeness (QED) is 0.741. The van der Waals surface area contributed by atoms with E-state index in [1.807, 2.05) is 20.8 Å². The van der Waals surface area contributed by atoms with Gasteiger partial charge in [-0.05, 0) is 31.2 Å². The van der Waals surface area contributed by atoms with Crippen LogP contribution in [0.2, 0.25) is 0 Å². The van der Waals surface area contributed by atoms with Crippen molar-refractivity contribution in [3.63, 3.8) is 0 Å². The molecule has 0 spiro atoms. The summed E-state index contributed by atoms with van der Waals surface area (Å²) in [5.41, 5.74) is -0.253. The average molecular weight is 420 g/mol. The molecule has 1 aliphatic carbocycles. The lowest BCUT2D eigenvalue weighted by Gasteiger charge is -2.36. The molecule has 166 valence electrons. The molecule has 1 saturated carbocycles. The SMILES string of the molecule is CCOC(=O)[C@@H]1[C@H](C(C)(C)C)[C@H](O)[C@H](c2ccccc2F)N1C(=O)C1CCCCC1. The van der Waals surface area contributed by atoms with E-state index in [1.54, 1.807) is 25.1 Å². The van der Waals surface area contributed by atoms with Gasteiger partial charge in [-0.25, -0.2) is 9.18 Å². The molecular weight excluding hydrogens is 385 g/mol. The van der Waals surface area contributed by atoms with E-state index >= 15 is 0 Å². The van der Waals surface area contributed by atoms with Gasteiger partial charge in [-0.2, -0.15) is 0 Å². The zero-order chi connectivity index (χ0) is 22.1. The van der Waals surface area contributed by atoms with E-state index in [9.17, 15) is 19.1 Å². The van der Waals surface area contributed by atoms with Crippen LogP contribution in [-0.2, 0) is 14.3 Å². The van der Waals surface area contributed by atoms with E-state index in [4.69, 9.17) is 4.74 Å². The Morgan fingerprint density at radius 2 is 1.80 bits per heavy atom. The number of esters is 1. The maximum atomic E-state index is 14.8. The van der Waals surface area contributed by atoms with Gasteiger partial charge in [0.05, 0.1) is 18.8 Å². The van der Waals surface area contributed by atoms with Crippen molar-refractivity contribution in [2.75, 3.05) is 6.61 Å². The lowest BCUT2D eigenvalue weighted by Crippen LogP contribution is -2.49. The molecule has 6 heteroatoms. The van der Waals surface area contributed by atoms with Crippen LogP contribution in [0.1, 0.15) is 71.4 Å². The Hall–Kier alpha value is -1.95. The Morgan fingerprint density at radius 1 is 1.17 bits per heavy atom. The molecule has 2 aliphatic rings. The first-order chi connectivity index (χ1) is 14.2. The molecule has 4 atom stereocenters. The van der Waals surface area contributed by atoms with Crippen molar-refractivity contribution >= 4 is 11.9 Å². The highest BCUT2D eigenvalue weighted by Crippen LogP contribution is 2.49. The molecule has 1 N–H and O–H groups in total. The summed E-state index contributed by atoms with van der Waals surface area (Å²) in [6, 6.07) is 4.33. The number of likely N-dealkylation sites (tertiary alicyclic amines) is 1. The Kier molecular flexibility index (Phi) is 6.85. The average Bonchev–Trinajstić information content (AvgIpc) is 3.02. The van der Waals surface area contributed by atoms with Gasteiger partial charge in [0.25, 0.3) is 0 Å². The van der Waals surface area contributed by atoms with Crippen LogP contribution in [0.4, 0.5) is 4.39 Å². The highest BCUT2D eigenvalue weighted by molar-refractivity contribution is 5.87. The first-order valence-corrected chi connectivity index (χ1v) is 11.1. The molecule has 0 radical (unpaired) electrons. The van der Waals surface area contributed by atoms with Crippen LogP contribution in [0.25, 0.3) is 0 Å². The zero-order valence-corrected chi connectivity index (χ0v) is 18.4. The summed E-state index contributed by atoms with van der Waals surface area (Å²) in [5, 5.41) is 11.4. The summed E-state index contributed by atoms with van der Waals surface area (Å²) in [6.07, 6.45) is 3.45. The lowest BCUT2D eigenvalue weighted by molar-refractivity contribution is -0.158. The largest absolute Gasteiger partial charge is 0.464 e. The van der Waals surface area contributed by atoms with Gasteiger partial charge in [-0.1, -0.05) is 58.2 Å². The molecule has 1 heterocycles. The molecule has 5 nitrogen and oxygen atoms in total. The molecule has 1 amide bonds. The first-order valence-electron chi connectivity index (χ1n) is 11.1. The summed E-state index contributed by atoms with van der Waals surface area (Å²) in [6.45, 7) is 7.69. The molecular formula is C24H34FNO4. The molecule has 30 heavy (non-hydrogen) atoms. The number of carbonyl (C=O) groups is 2. The highest BCUT2D eigenvalue weighted by atomic mass is 19.1. The second-order valence-corrected chi connectivity index (χ2v) is 9.63. The Labute approximate surface area is 178 Å². The van der Waals surface area contributed by atoms with E-state index in [0.29, 0.717) is 0 Å². The van der Waals surface area contributed by atoms with Crippen LogP contribution in [-0.4, -0.2) is 40.6 Å². The summed E-state index contributed by atoms with van der Waals surface area (Å²) in [7, 11) is 0. The van der Waals surface area contributed by atoms with Gasteiger partial charge >= 0.3 is 5.97 Å². The van der Waals surface area contributed by atoms with Gasteiger partial charge in [-0.15, -0.1) is 0 Å². The second kappa shape index (κ2) is 9.04. The highest BCUT2D eigenvalue weighted by Gasteiger charge is 2.59. The number of benzene rings is 1. The van der Waals surface area contributed by atoms with E-state index in [2.05, 4.69) is 0 Å². The van der Waals surface area contributed by atoms with Crippen molar-refractivity contribution in [2.24, 2.45) is 17.3 Å². The Bertz CT molecular complexity index is 769. The number of rotatable bonds is 4. The molecule has 1 aliphatic heterocycles. The van der Waals surface area contributed by atoms with Crippen LogP contribution < -0.4 is 0 Å². The van der Waals surface area contributed by atoms with Crippen molar-refractivity contribution in [1.82, 2.24) is 4.90 Å². The number of amides is 1. The minimum Gasteiger partial charge on any atom is -0.464 e. The Morgan fingerprint density at radius 3 is 2.37 bits per heavy atom. The third-order valence-electron chi connectivity index (χ3n) is 6.59. The fourth-order valence-electron chi connectivity index (χ4n) is 5.25. The molecule has 0 aromatic heterocycles. The number of nitrogens with zero attached hydrogens (tertiary/aromatic N) is 1. The van der Waals surface area contributed by atoms with Gasteiger partial charge < -0.3 is 14.7 Å². The van der Waals surface area contributed by atoms with Crippen molar-refractivity contribution in [2.45, 2.75) is 78.0 Å². The molecule has 1 saturated heterocycles. The summed E-state index contributed by atoms with van der Waals surface area (Å²) in [4.78, 5) is 28.3. The number of aliphatic hydroxyl groups excluding tert-OH is 1. The van der Waals surface area contributed by atoms with Crippen molar-refractivity contribution in [3.8, 4) is 0 Å². The second-order valence-electron chi connectivity index (χ2n) is 9.63. The van der Waals surface area contributed by atoms with Gasteiger partial charge in [0.2, 0.25) is 5.91 Å². The van der Waals surface area contributed by atoms with E-state index in [0.717, 1.165) is 32.1 Å². The maximum absolute atomic E-state index is 14.8. The summed E-state index contributed by atoms with van der Waals surface area (Å²) >= 11 is 0. The monoisotopic (exact) mass is 419 g/mol. The third kappa shape index (κ3) is 4.25. The minimum atomic E-state index is -1.08. The number of carbonyl (C=O) groups excluding carboxylic acids is 2. The fourth-order valence-corrected chi connectivity index (χ4v) is 5.25. The molecule has 1 aromatic carbocycles. The third-order valence-corrected chi connectivity index (χ3v) is 6.59. The predicted molar refractivity (Wildman–Crippen MR) is 112 cm³/mol. The molecule has 1 aromatic rings. The van der Waals surface area contributed by atoms with E-state index in [1.165, 1.54) is 11.0 Å². The molecule has 2 fully saturated rings.